The Morgan fingerprint density at radius 2 is 2.21 bits per heavy atom. The van der Waals surface area contributed by atoms with E-state index in [2.05, 4.69) is 64.3 Å². The Labute approximate surface area is 125 Å². The summed E-state index contributed by atoms with van der Waals surface area (Å²) in [7, 11) is 0. The maximum Gasteiger partial charge on any atom is 0.0334 e. The van der Waals surface area contributed by atoms with Crippen LogP contribution in [0.5, 0.6) is 0 Å². The Kier molecular flexibility index (Phi) is 5.86. The summed E-state index contributed by atoms with van der Waals surface area (Å²) in [5, 5.41) is 3.54. The molecule has 2 atom stereocenters. The van der Waals surface area contributed by atoms with Crippen molar-refractivity contribution in [1.29, 1.82) is 0 Å². The Balaban J connectivity index is 2.15. The first kappa shape index (κ1) is 15.0. The summed E-state index contributed by atoms with van der Waals surface area (Å²) in [5.74, 6) is 0. The van der Waals surface area contributed by atoms with E-state index in [9.17, 15) is 0 Å². The minimum Gasteiger partial charge on any atom is -0.315 e. The first-order chi connectivity index (χ1) is 9.24. The number of nitrogens with zero attached hydrogens (tertiary/aromatic N) is 1. The molecule has 2 rings (SSSR count). The Morgan fingerprint density at radius 1 is 1.42 bits per heavy atom. The molecule has 106 valence electrons. The number of piperidine rings is 1. The molecule has 19 heavy (non-hydrogen) atoms. The van der Waals surface area contributed by atoms with Crippen molar-refractivity contribution in [2.24, 2.45) is 0 Å². The Hall–Kier alpha value is -0.380. The van der Waals surface area contributed by atoms with Crippen LogP contribution >= 0.6 is 15.9 Å². The summed E-state index contributed by atoms with van der Waals surface area (Å²) in [6.07, 6.45) is 3.83. The maximum atomic E-state index is 3.70. The van der Waals surface area contributed by atoms with E-state index in [-0.39, 0.29) is 0 Å². The molecule has 2 unspecified atom stereocenters. The molecular weight excluding hydrogens is 300 g/mol. The average Bonchev–Trinajstić information content (AvgIpc) is 2.45. The highest BCUT2D eigenvalue weighted by molar-refractivity contribution is 9.10. The fourth-order valence-electron chi connectivity index (χ4n) is 3.06. The number of benzene rings is 1. The summed E-state index contributed by atoms with van der Waals surface area (Å²) in [5.41, 5.74) is 1.40. The second-order valence-corrected chi connectivity index (χ2v) is 6.29. The zero-order valence-electron chi connectivity index (χ0n) is 12.0. The number of hydrogen-bond acceptors (Lipinski definition) is 2. The summed E-state index contributed by atoms with van der Waals surface area (Å²) >= 11 is 3.70. The molecule has 2 nitrogen and oxygen atoms in total. The van der Waals surface area contributed by atoms with Crippen molar-refractivity contribution >= 4 is 15.9 Å². The van der Waals surface area contributed by atoms with Crippen LogP contribution < -0.4 is 5.32 Å². The van der Waals surface area contributed by atoms with Crippen LogP contribution in [0.3, 0.4) is 0 Å². The van der Waals surface area contributed by atoms with Crippen molar-refractivity contribution in [3.63, 3.8) is 0 Å². The van der Waals surface area contributed by atoms with Crippen LogP contribution in [0.25, 0.3) is 0 Å². The first-order valence-corrected chi connectivity index (χ1v) is 8.24. The van der Waals surface area contributed by atoms with Crippen molar-refractivity contribution in [3.8, 4) is 0 Å². The number of rotatable bonds is 5. The highest BCUT2D eigenvalue weighted by Gasteiger charge is 2.26. The van der Waals surface area contributed by atoms with Gasteiger partial charge in [-0.05, 0) is 50.9 Å². The van der Waals surface area contributed by atoms with Crippen molar-refractivity contribution < 1.29 is 0 Å². The molecule has 0 spiro atoms. The van der Waals surface area contributed by atoms with Gasteiger partial charge in [0.15, 0.2) is 0 Å². The van der Waals surface area contributed by atoms with E-state index in [1.165, 1.54) is 42.4 Å². The summed E-state index contributed by atoms with van der Waals surface area (Å²) in [6.45, 7) is 8.10. The van der Waals surface area contributed by atoms with Gasteiger partial charge in [-0.3, -0.25) is 4.90 Å². The molecule has 1 aliphatic heterocycles. The van der Waals surface area contributed by atoms with Crippen LogP contribution in [0, 0.1) is 0 Å². The van der Waals surface area contributed by atoms with Gasteiger partial charge in [0.2, 0.25) is 0 Å². The second kappa shape index (κ2) is 7.41. The van der Waals surface area contributed by atoms with Gasteiger partial charge in [0.1, 0.15) is 0 Å². The van der Waals surface area contributed by atoms with Crippen molar-refractivity contribution in [3.05, 3.63) is 34.3 Å². The fourth-order valence-corrected chi connectivity index (χ4v) is 3.68. The monoisotopic (exact) mass is 324 g/mol. The minimum absolute atomic E-state index is 0.473. The summed E-state index contributed by atoms with van der Waals surface area (Å²) < 4.78 is 1.23. The van der Waals surface area contributed by atoms with E-state index >= 15 is 0 Å². The fraction of sp³-hybridized carbons (Fsp3) is 0.625. The second-order valence-electron chi connectivity index (χ2n) is 5.44. The van der Waals surface area contributed by atoms with Gasteiger partial charge in [0, 0.05) is 23.1 Å². The van der Waals surface area contributed by atoms with E-state index in [1.807, 2.05) is 0 Å². The lowest BCUT2D eigenvalue weighted by atomic mass is 10.00. The van der Waals surface area contributed by atoms with Crippen LogP contribution in [-0.4, -0.2) is 30.6 Å². The zero-order chi connectivity index (χ0) is 13.7. The van der Waals surface area contributed by atoms with E-state index in [0.717, 1.165) is 6.54 Å². The van der Waals surface area contributed by atoms with E-state index in [1.54, 1.807) is 0 Å². The summed E-state index contributed by atoms with van der Waals surface area (Å²) in [6, 6.07) is 9.77. The van der Waals surface area contributed by atoms with E-state index in [0.29, 0.717) is 12.1 Å². The molecule has 1 N–H and O–H groups in total. The van der Waals surface area contributed by atoms with Gasteiger partial charge in [-0.1, -0.05) is 41.1 Å². The predicted molar refractivity (Wildman–Crippen MR) is 85.4 cm³/mol. The molecule has 0 bridgehead atoms. The van der Waals surface area contributed by atoms with Gasteiger partial charge in [-0.25, -0.2) is 0 Å². The van der Waals surface area contributed by atoms with Gasteiger partial charge < -0.3 is 5.32 Å². The van der Waals surface area contributed by atoms with Crippen molar-refractivity contribution in [2.75, 3.05) is 19.6 Å². The molecule has 3 heteroatoms. The topological polar surface area (TPSA) is 15.3 Å². The quantitative estimate of drug-likeness (QED) is 0.881. The lowest BCUT2D eigenvalue weighted by Crippen LogP contribution is -2.47. The highest BCUT2D eigenvalue weighted by Crippen LogP contribution is 2.30. The predicted octanol–water partition coefficient (Wildman–Crippen LogP) is 3.97. The van der Waals surface area contributed by atoms with Crippen molar-refractivity contribution in [1.82, 2.24) is 10.2 Å². The van der Waals surface area contributed by atoms with Crippen molar-refractivity contribution in [2.45, 2.75) is 45.2 Å². The standard InChI is InChI=1S/C16H25BrN2/c1-3-11-19(14-7-6-10-18-12-14)13(2)15-8-4-5-9-16(15)17/h4-5,8-9,13-14,18H,3,6-7,10-12H2,1-2H3. The molecule has 1 saturated heterocycles. The molecular formula is C16H25BrN2. The number of hydrogen-bond donors (Lipinski definition) is 1. The molecule has 0 saturated carbocycles. The third kappa shape index (κ3) is 3.80. The van der Waals surface area contributed by atoms with Gasteiger partial charge in [0.25, 0.3) is 0 Å². The van der Waals surface area contributed by atoms with Crippen LogP contribution in [-0.2, 0) is 0 Å². The summed E-state index contributed by atoms with van der Waals surface area (Å²) in [4.78, 5) is 2.67. The minimum atomic E-state index is 0.473. The van der Waals surface area contributed by atoms with E-state index in [4.69, 9.17) is 0 Å². The maximum absolute atomic E-state index is 3.70. The third-order valence-corrected chi connectivity index (χ3v) is 4.80. The average molecular weight is 325 g/mol. The van der Waals surface area contributed by atoms with Gasteiger partial charge in [-0.2, -0.15) is 0 Å². The highest BCUT2D eigenvalue weighted by atomic mass is 79.9. The molecule has 0 amide bonds. The molecule has 1 aromatic carbocycles. The lowest BCUT2D eigenvalue weighted by Gasteiger charge is -2.39. The number of halogens is 1. The van der Waals surface area contributed by atoms with Gasteiger partial charge in [0.05, 0.1) is 0 Å². The number of nitrogens with one attached hydrogen (secondary N) is 1. The van der Waals surface area contributed by atoms with Crippen LogP contribution in [0.15, 0.2) is 28.7 Å². The molecule has 0 aromatic heterocycles. The molecule has 1 aliphatic rings. The molecule has 1 aromatic rings. The molecule has 0 radical (unpaired) electrons. The normalized spacial score (nSPS) is 21.6. The van der Waals surface area contributed by atoms with Crippen LogP contribution in [0.4, 0.5) is 0 Å². The smallest absolute Gasteiger partial charge is 0.0334 e. The molecule has 0 aliphatic carbocycles. The Bertz CT molecular complexity index is 388. The van der Waals surface area contributed by atoms with Gasteiger partial charge in [-0.15, -0.1) is 0 Å². The lowest BCUT2D eigenvalue weighted by molar-refractivity contribution is 0.120. The largest absolute Gasteiger partial charge is 0.315 e. The van der Waals surface area contributed by atoms with Crippen LogP contribution in [0.2, 0.25) is 0 Å². The van der Waals surface area contributed by atoms with E-state index < -0.39 is 0 Å². The molecule has 1 fully saturated rings. The first-order valence-electron chi connectivity index (χ1n) is 7.45. The van der Waals surface area contributed by atoms with Gasteiger partial charge >= 0.3 is 0 Å². The Morgan fingerprint density at radius 3 is 2.84 bits per heavy atom. The van der Waals surface area contributed by atoms with Crippen LogP contribution in [0.1, 0.15) is 44.7 Å². The third-order valence-electron chi connectivity index (χ3n) is 4.07. The molecule has 1 heterocycles. The SMILES string of the molecule is CCCN(C1CCCNC1)C(C)c1ccccc1Br. The zero-order valence-corrected chi connectivity index (χ0v) is 13.6.